The summed E-state index contributed by atoms with van der Waals surface area (Å²) in [5.41, 5.74) is 25.5. The van der Waals surface area contributed by atoms with Crippen LogP contribution < -0.4 is 5.46 Å². The molecule has 19 rings (SSSR count). The topological polar surface area (TPSA) is 109 Å². The van der Waals surface area contributed by atoms with Crippen LogP contribution in [0.25, 0.3) is 168 Å². The largest absolute Gasteiger partial charge is 0.494 e. The van der Waals surface area contributed by atoms with Gasteiger partial charge in [-0.05, 0) is 154 Å². The molecule has 552 valence electrons. The van der Waals surface area contributed by atoms with Crippen molar-refractivity contribution in [3.05, 3.63) is 399 Å². The maximum Gasteiger partial charge on any atom is 0.494 e. The number of fused-ring (bicyclic) bond motifs is 2. The minimum Gasteiger partial charge on any atom is -0.399 e. The highest BCUT2D eigenvalue weighted by molar-refractivity contribution is 6.62. The molecule has 0 amide bonds. The lowest BCUT2D eigenvalue weighted by Gasteiger charge is -2.32. The van der Waals surface area contributed by atoms with E-state index in [2.05, 4.69) is 341 Å². The molecular formula is C103H76BCl2N7O2. The van der Waals surface area contributed by atoms with Crippen molar-refractivity contribution in [2.45, 2.75) is 38.9 Å². The Bertz CT molecular complexity index is 6070. The Labute approximate surface area is 680 Å². The van der Waals surface area contributed by atoms with Gasteiger partial charge in [0.25, 0.3) is 0 Å². The van der Waals surface area contributed by atoms with E-state index in [1.54, 1.807) is 6.07 Å². The Morgan fingerprint density at radius 1 is 0.209 bits per heavy atom. The molecule has 1 saturated heterocycles. The molecule has 6 heterocycles. The van der Waals surface area contributed by atoms with Crippen LogP contribution in [0, 0.1) is 0 Å². The predicted molar refractivity (Wildman–Crippen MR) is 475 cm³/mol. The van der Waals surface area contributed by atoms with Gasteiger partial charge in [0.1, 0.15) is 5.15 Å². The second kappa shape index (κ2) is 33.1. The number of benzene rings is 13. The Morgan fingerprint density at radius 3 is 0.809 bits per heavy atom. The van der Waals surface area contributed by atoms with Crippen molar-refractivity contribution in [2.24, 2.45) is 0 Å². The van der Waals surface area contributed by atoms with Crippen molar-refractivity contribution in [1.29, 1.82) is 0 Å². The minimum absolute atomic E-state index is 0.158. The quantitative estimate of drug-likeness (QED) is 0.0597. The van der Waals surface area contributed by atoms with E-state index < -0.39 is 0 Å². The lowest BCUT2D eigenvalue weighted by molar-refractivity contribution is 0.00578. The summed E-state index contributed by atoms with van der Waals surface area (Å²) in [6, 6.07) is 134. The highest BCUT2D eigenvalue weighted by Gasteiger charge is 2.51. The second-order valence-corrected chi connectivity index (χ2v) is 30.1. The first-order valence-electron chi connectivity index (χ1n) is 38.4. The lowest BCUT2D eigenvalue weighted by atomic mass is 9.78. The molecule has 0 radical (unpaired) electrons. The number of aromatic nitrogens is 7. The zero-order valence-corrected chi connectivity index (χ0v) is 65.2. The molecule has 1 aliphatic rings. The van der Waals surface area contributed by atoms with E-state index in [-0.39, 0.29) is 23.6 Å². The monoisotopic (exact) mass is 1520 g/mol. The van der Waals surface area contributed by atoms with Crippen LogP contribution in [0.1, 0.15) is 27.7 Å². The summed E-state index contributed by atoms with van der Waals surface area (Å²) in [7, 11) is -0.360. The average molecular weight is 1530 g/mol. The van der Waals surface area contributed by atoms with Crippen molar-refractivity contribution < 1.29 is 9.31 Å². The standard InChI is InChI=1S/C60H40N4.C29H28BNO2.C14H8Cl2N2/c1-5-16-44(17-6-1)54-36-52(37-55(61-54)45-18-7-2-8-19-45)42-25-30-48(31-26-42)58-40-59(51-34-29-41-15-13-14-24-50(41)35-51)64-60(63-58)49-32-27-43(28-33-49)53-38-56(46-20-9-3-10-21-46)62-57(39-53)47-22-11-4-12-23-47;1-28(2)29(3,4)33-30(32-28)25-17-15-21(16-18-25)24-19-26(22-11-7-5-8-12-22)31-27(20-24)23-13-9-6-10-14-23;15-13-8-12(17-14(16)18-13)11-6-5-9-3-1-2-4-10(9)7-11/h1-40H;5-20H,1-4H3;1-8H. The Morgan fingerprint density at radius 2 is 0.470 bits per heavy atom. The number of hydrogen-bond acceptors (Lipinski definition) is 9. The number of pyridine rings is 3. The van der Waals surface area contributed by atoms with Gasteiger partial charge in [-0.2, -0.15) is 0 Å². The smallest absolute Gasteiger partial charge is 0.399 e. The summed E-state index contributed by atoms with van der Waals surface area (Å²) in [5, 5.41) is 5.20. The van der Waals surface area contributed by atoms with Gasteiger partial charge in [0.2, 0.25) is 5.28 Å². The van der Waals surface area contributed by atoms with Crippen LogP contribution in [-0.4, -0.2) is 53.2 Å². The molecule has 9 nitrogen and oxygen atoms in total. The van der Waals surface area contributed by atoms with Crippen LogP contribution in [0.2, 0.25) is 10.4 Å². The van der Waals surface area contributed by atoms with E-state index in [0.717, 1.165) is 151 Å². The molecule has 0 atom stereocenters. The highest BCUT2D eigenvalue weighted by Crippen LogP contribution is 2.40. The van der Waals surface area contributed by atoms with Crippen molar-refractivity contribution in [3.8, 4) is 146 Å². The Balaban J connectivity index is 0.000000153. The van der Waals surface area contributed by atoms with Gasteiger partial charge in [-0.25, -0.2) is 34.9 Å². The van der Waals surface area contributed by atoms with Gasteiger partial charge in [0.05, 0.1) is 62.4 Å². The Kier molecular flexibility index (Phi) is 21.4. The summed E-state index contributed by atoms with van der Waals surface area (Å²) in [5.74, 6) is 0.662. The molecule has 0 unspecified atom stereocenters. The van der Waals surface area contributed by atoms with E-state index in [4.69, 9.17) is 57.4 Å². The van der Waals surface area contributed by atoms with Crippen LogP contribution >= 0.6 is 23.2 Å². The number of rotatable bonds is 14. The number of hydrogen-bond donors (Lipinski definition) is 0. The molecule has 115 heavy (non-hydrogen) atoms. The molecule has 1 aliphatic heterocycles. The van der Waals surface area contributed by atoms with E-state index in [1.165, 1.54) is 16.2 Å². The molecule has 12 heteroatoms. The van der Waals surface area contributed by atoms with Crippen LogP contribution in [0.15, 0.2) is 388 Å². The normalized spacial score (nSPS) is 12.7. The first kappa shape index (κ1) is 74.3. The summed E-state index contributed by atoms with van der Waals surface area (Å²) in [4.78, 5) is 33.7. The van der Waals surface area contributed by atoms with Crippen LogP contribution in [0.4, 0.5) is 0 Å². The van der Waals surface area contributed by atoms with Gasteiger partial charge in [0, 0.05) is 61.7 Å². The third-order valence-corrected chi connectivity index (χ3v) is 21.5. The van der Waals surface area contributed by atoms with Gasteiger partial charge in [-0.15, -0.1) is 0 Å². The number of nitrogens with zero attached hydrogens (tertiary/aromatic N) is 7. The Hall–Kier alpha value is -13.4. The van der Waals surface area contributed by atoms with Gasteiger partial charge in [-0.3, -0.25) is 0 Å². The summed E-state index contributed by atoms with van der Waals surface area (Å²) >= 11 is 11.7. The van der Waals surface area contributed by atoms with Gasteiger partial charge >= 0.3 is 7.12 Å². The molecule has 0 bridgehead atoms. The lowest BCUT2D eigenvalue weighted by Crippen LogP contribution is -2.41. The van der Waals surface area contributed by atoms with Crippen molar-refractivity contribution in [2.75, 3.05) is 0 Å². The van der Waals surface area contributed by atoms with Crippen molar-refractivity contribution >= 4 is 57.3 Å². The first-order chi connectivity index (χ1) is 56.2. The summed E-state index contributed by atoms with van der Waals surface area (Å²) in [6.07, 6.45) is 0. The maximum absolute atomic E-state index is 6.22. The molecule has 18 aromatic rings. The predicted octanol–water partition coefficient (Wildman–Crippen LogP) is 26.4. The molecule has 0 aliphatic carbocycles. The fourth-order valence-corrected chi connectivity index (χ4v) is 14.6. The molecule has 5 aromatic heterocycles. The first-order valence-corrected chi connectivity index (χ1v) is 39.1. The van der Waals surface area contributed by atoms with E-state index in [9.17, 15) is 0 Å². The van der Waals surface area contributed by atoms with Crippen molar-refractivity contribution in [1.82, 2.24) is 34.9 Å². The van der Waals surface area contributed by atoms with Crippen LogP contribution in [0.3, 0.4) is 0 Å². The van der Waals surface area contributed by atoms with E-state index in [1.807, 2.05) is 78.9 Å². The average Bonchev–Trinajstić information content (AvgIpc) is 1.69. The molecule has 0 N–H and O–H groups in total. The molecule has 0 saturated carbocycles. The van der Waals surface area contributed by atoms with Crippen molar-refractivity contribution in [3.63, 3.8) is 0 Å². The maximum atomic E-state index is 6.22. The van der Waals surface area contributed by atoms with Gasteiger partial charge in [-0.1, -0.05) is 339 Å². The zero-order chi connectivity index (χ0) is 78.2. The SMILES string of the molecule is CC1(C)OB(c2ccc(-c3cc(-c4ccccc4)nc(-c4ccccc4)c3)cc2)OC1(C)C.Clc1cc(-c2ccc3ccccc3c2)nc(Cl)n1.c1ccc(-c2cc(-c3ccc(-c4cc(-c5ccc6ccccc6c5)nc(-c5ccc(-c6cc(-c7ccccc7)nc(-c7ccccc7)c6)cc5)n4)cc3)cc(-c3ccccc3)n2)cc1. The third kappa shape index (κ3) is 17.0. The minimum atomic E-state index is -0.360. The molecule has 1 fully saturated rings. The fourth-order valence-electron chi connectivity index (χ4n) is 14.2. The van der Waals surface area contributed by atoms with Gasteiger partial charge in [0.15, 0.2) is 5.82 Å². The van der Waals surface area contributed by atoms with Gasteiger partial charge < -0.3 is 9.31 Å². The third-order valence-electron chi connectivity index (χ3n) is 21.1. The fraction of sp³-hybridized carbons (Fsp3) is 0.0583. The van der Waals surface area contributed by atoms with Crippen LogP contribution in [0.5, 0.6) is 0 Å². The molecular weight excluding hydrogens is 1450 g/mol. The second-order valence-electron chi connectivity index (χ2n) is 29.4. The van der Waals surface area contributed by atoms with E-state index in [0.29, 0.717) is 11.0 Å². The summed E-state index contributed by atoms with van der Waals surface area (Å²) in [6.45, 7) is 8.31. The van der Waals surface area contributed by atoms with Crippen LogP contribution in [-0.2, 0) is 9.31 Å². The highest BCUT2D eigenvalue weighted by atomic mass is 35.5. The number of halogens is 2. The summed E-state index contributed by atoms with van der Waals surface area (Å²) < 4.78 is 12.4. The van der Waals surface area contributed by atoms with E-state index >= 15 is 0 Å². The molecule has 0 spiro atoms. The molecule has 13 aromatic carbocycles. The zero-order valence-electron chi connectivity index (χ0n) is 63.7.